The molecule has 1 unspecified atom stereocenters. The SMILES string of the molecule is CCOC(=O)Nc1ccc(C(N)c2ccc3ccccc3c2)cc1N. The number of nitrogen functional groups attached to an aromatic ring is 1. The normalized spacial score (nSPS) is 11.9. The number of nitrogens with one attached hydrogen (secondary N) is 1. The fourth-order valence-electron chi connectivity index (χ4n) is 2.76. The third-order valence-corrected chi connectivity index (χ3v) is 4.08. The highest BCUT2D eigenvalue weighted by atomic mass is 16.5. The Hall–Kier alpha value is -3.05. The number of nitrogens with two attached hydrogens (primary N) is 2. The molecule has 3 aromatic rings. The highest BCUT2D eigenvalue weighted by Crippen LogP contribution is 2.28. The van der Waals surface area contributed by atoms with E-state index in [0.717, 1.165) is 16.5 Å². The van der Waals surface area contributed by atoms with E-state index in [9.17, 15) is 4.79 Å². The summed E-state index contributed by atoms with van der Waals surface area (Å²) >= 11 is 0. The van der Waals surface area contributed by atoms with Gasteiger partial charge in [0.1, 0.15) is 0 Å². The van der Waals surface area contributed by atoms with Gasteiger partial charge in [-0.05, 0) is 47.0 Å². The number of carbonyl (C=O) groups is 1. The van der Waals surface area contributed by atoms with Crippen LogP contribution in [0.25, 0.3) is 10.8 Å². The molecule has 0 aliphatic rings. The Morgan fingerprint density at radius 2 is 1.72 bits per heavy atom. The van der Waals surface area contributed by atoms with Crippen LogP contribution >= 0.6 is 0 Å². The molecule has 5 heteroatoms. The van der Waals surface area contributed by atoms with Gasteiger partial charge in [-0.2, -0.15) is 0 Å². The van der Waals surface area contributed by atoms with E-state index >= 15 is 0 Å². The lowest BCUT2D eigenvalue weighted by molar-refractivity contribution is 0.168. The Morgan fingerprint density at radius 1 is 1.04 bits per heavy atom. The predicted molar refractivity (Wildman–Crippen MR) is 101 cm³/mol. The van der Waals surface area contributed by atoms with E-state index in [1.165, 1.54) is 5.39 Å². The molecule has 0 radical (unpaired) electrons. The summed E-state index contributed by atoms with van der Waals surface area (Å²) in [5, 5.41) is 4.93. The highest BCUT2D eigenvalue weighted by Gasteiger charge is 2.12. The van der Waals surface area contributed by atoms with Gasteiger partial charge >= 0.3 is 6.09 Å². The maximum absolute atomic E-state index is 11.5. The van der Waals surface area contributed by atoms with E-state index in [2.05, 4.69) is 29.6 Å². The predicted octanol–water partition coefficient (Wildman–Crippen LogP) is 4.04. The van der Waals surface area contributed by atoms with Crippen LogP contribution in [0.15, 0.2) is 60.7 Å². The van der Waals surface area contributed by atoms with E-state index in [-0.39, 0.29) is 6.04 Å². The number of ether oxygens (including phenoxy) is 1. The van der Waals surface area contributed by atoms with Crippen molar-refractivity contribution >= 4 is 28.2 Å². The van der Waals surface area contributed by atoms with Crippen LogP contribution in [0.5, 0.6) is 0 Å². The summed E-state index contributed by atoms with van der Waals surface area (Å²) in [6.45, 7) is 2.05. The van der Waals surface area contributed by atoms with E-state index in [4.69, 9.17) is 16.2 Å². The van der Waals surface area contributed by atoms with Gasteiger partial charge in [-0.15, -0.1) is 0 Å². The van der Waals surface area contributed by atoms with Crippen molar-refractivity contribution in [2.75, 3.05) is 17.7 Å². The summed E-state index contributed by atoms with van der Waals surface area (Å²) in [6.07, 6.45) is -0.527. The molecule has 0 heterocycles. The first-order valence-electron chi connectivity index (χ1n) is 8.16. The summed E-state index contributed by atoms with van der Waals surface area (Å²) in [6, 6.07) is 19.4. The molecule has 0 saturated heterocycles. The first-order chi connectivity index (χ1) is 12.1. The Balaban J connectivity index is 1.84. The topological polar surface area (TPSA) is 90.4 Å². The van der Waals surface area contributed by atoms with Gasteiger partial charge in [0.25, 0.3) is 0 Å². The molecule has 1 atom stereocenters. The summed E-state index contributed by atoms with van der Waals surface area (Å²) in [4.78, 5) is 11.5. The van der Waals surface area contributed by atoms with Crippen LogP contribution in [0.2, 0.25) is 0 Å². The molecule has 0 saturated carbocycles. The van der Waals surface area contributed by atoms with Crippen molar-refractivity contribution < 1.29 is 9.53 Å². The van der Waals surface area contributed by atoms with E-state index in [1.54, 1.807) is 19.1 Å². The fourth-order valence-corrected chi connectivity index (χ4v) is 2.76. The van der Waals surface area contributed by atoms with Gasteiger partial charge in [0.15, 0.2) is 0 Å². The molecule has 5 N–H and O–H groups in total. The van der Waals surface area contributed by atoms with Gasteiger partial charge in [-0.1, -0.05) is 42.5 Å². The third-order valence-electron chi connectivity index (χ3n) is 4.08. The average molecular weight is 335 g/mol. The second-order valence-corrected chi connectivity index (χ2v) is 5.78. The first-order valence-corrected chi connectivity index (χ1v) is 8.16. The minimum atomic E-state index is -0.527. The Morgan fingerprint density at radius 3 is 2.44 bits per heavy atom. The number of carbonyl (C=O) groups excluding carboxylic acids is 1. The fraction of sp³-hybridized carbons (Fsp3) is 0.150. The van der Waals surface area contributed by atoms with Crippen molar-refractivity contribution in [2.24, 2.45) is 5.73 Å². The summed E-state index contributed by atoms with van der Waals surface area (Å²) < 4.78 is 4.86. The summed E-state index contributed by atoms with van der Waals surface area (Å²) in [5.41, 5.74) is 15.3. The van der Waals surface area contributed by atoms with Crippen LogP contribution in [-0.4, -0.2) is 12.7 Å². The number of hydrogen-bond acceptors (Lipinski definition) is 4. The minimum Gasteiger partial charge on any atom is -0.450 e. The maximum atomic E-state index is 11.5. The van der Waals surface area contributed by atoms with Crippen LogP contribution in [-0.2, 0) is 4.74 Å². The first kappa shape index (κ1) is 16.8. The molecule has 0 aliphatic carbocycles. The molecule has 3 aromatic carbocycles. The van der Waals surface area contributed by atoms with E-state index < -0.39 is 6.09 Å². The Kier molecular flexibility index (Phi) is 4.86. The summed E-state index contributed by atoms with van der Waals surface area (Å²) in [5.74, 6) is 0. The van der Waals surface area contributed by atoms with E-state index in [0.29, 0.717) is 18.0 Å². The standard InChI is InChI=1S/C20H21N3O2/c1-2-25-20(24)23-18-10-9-16(12-17(18)21)19(22)15-8-7-13-5-3-4-6-14(13)11-15/h3-12,19H,2,21-22H2,1H3,(H,23,24). The van der Waals surface area contributed by atoms with Crippen molar-refractivity contribution in [2.45, 2.75) is 13.0 Å². The third kappa shape index (κ3) is 3.72. The highest BCUT2D eigenvalue weighted by molar-refractivity contribution is 5.89. The lowest BCUT2D eigenvalue weighted by atomic mass is 9.96. The van der Waals surface area contributed by atoms with Gasteiger partial charge in [0, 0.05) is 0 Å². The van der Waals surface area contributed by atoms with Crippen molar-refractivity contribution in [3.05, 3.63) is 71.8 Å². The molecule has 0 bridgehead atoms. The molecule has 0 spiro atoms. The average Bonchev–Trinajstić information content (AvgIpc) is 2.62. The number of rotatable bonds is 4. The van der Waals surface area contributed by atoms with Crippen molar-refractivity contribution in [3.8, 4) is 0 Å². The summed E-state index contributed by atoms with van der Waals surface area (Å²) in [7, 11) is 0. The Bertz CT molecular complexity index is 908. The molecule has 5 nitrogen and oxygen atoms in total. The number of fused-ring (bicyclic) bond motifs is 1. The number of benzene rings is 3. The Labute approximate surface area is 146 Å². The molecule has 3 rings (SSSR count). The minimum absolute atomic E-state index is 0.302. The van der Waals surface area contributed by atoms with Crippen LogP contribution in [0, 0.1) is 0 Å². The molecular weight excluding hydrogens is 314 g/mol. The maximum Gasteiger partial charge on any atom is 0.411 e. The zero-order valence-corrected chi connectivity index (χ0v) is 14.0. The number of anilines is 2. The second kappa shape index (κ2) is 7.23. The monoisotopic (exact) mass is 335 g/mol. The van der Waals surface area contributed by atoms with Gasteiger partial charge in [-0.3, -0.25) is 5.32 Å². The van der Waals surface area contributed by atoms with Crippen LogP contribution < -0.4 is 16.8 Å². The van der Waals surface area contributed by atoms with Crippen LogP contribution in [0.4, 0.5) is 16.2 Å². The smallest absolute Gasteiger partial charge is 0.411 e. The van der Waals surface area contributed by atoms with Crippen LogP contribution in [0.3, 0.4) is 0 Å². The van der Waals surface area contributed by atoms with Gasteiger partial charge in [0.05, 0.1) is 24.0 Å². The van der Waals surface area contributed by atoms with Crippen molar-refractivity contribution in [3.63, 3.8) is 0 Å². The molecule has 0 aliphatic heterocycles. The number of amides is 1. The zero-order chi connectivity index (χ0) is 17.8. The molecule has 128 valence electrons. The quantitative estimate of drug-likeness (QED) is 0.628. The number of hydrogen-bond donors (Lipinski definition) is 3. The molecular formula is C20H21N3O2. The van der Waals surface area contributed by atoms with E-state index in [1.807, 2.05) is 24.3 Å². The molecule has 1 amide bonds. The van der Waals surface area contributed by atoms with Crippen molar-refractivity contribution in [1.29, 1.82) is 0 Å². The molecule has 25 heavy (non-hydrogen) atoms. The zero-order valence-electron chi connectivity index (χ0n) is 14.0. The largest absolute Gasteiger partial charge is 0.450 e. The lowest BCUT2D eigenvalue weighted by Crippen LogP contribution is -2.16. The van der Waals surface area contributed by atoms with Crippen LogP contribution in [0.1, 0.15) is 24.1 Å². The molecule has 0 aromatic heterocycles. The lowest BCUT2D eigenvalue weighted by Gasteiger charge is -2.16. The van der Waals surface area contributed by atoms with Gasteiger partial charge in [0.2, 0.25) is 0 Å². The molecule has 0 fully saturated rings. The van der Waals surface area contributed by atoms with Crippen molar-refractivity contribution in [1.82, 2.24) is 0 Å². The van der Waals surface area contributed by atoms with Gasteiger partial charge < -0.3 is 16.2 Å². The second-order valence-electron chi connectivity index (χ2n) is 5.78. The van der Waals surface area contributed by atoms with Gasteiger partial charge in [-0.25, -0.2) is 4.79 Å².